The molecule has 0 saturated carbocycles. The number of carbonyl (C=O) groups is 2. The van der Waals surface area contributed by atoms with E-state index in [1.807, 2.05) is 38.1 Å². The molecule has 2 aromatic rings. The number of aliphatic hydroxyl groups excluding tert-OH is 1. The number of hydrogen-bond acceptors (Lipinski definition) is 7. The molecule has 0 aliphatic carbocycles. The van der Waals surface area contributed by atoms with Gasteiger partial charge in [-0.25, -0.2) is 0 Å². The van der Waals surface area contributed by atoms with E-state index < -0.39 is 17.7 Å². The summed E-state index contributed by atoms with van der Waals surface area (Å²) in [5.41, 5.74) is 2.16. The van der Waals surface area contributed by atoms with Gasteiger partial charge in [0.1, 0.15) is 17.3 Å². The van der Waals surface area contributed by atoms with Gasteiger partial charge in [-0.1, -0.05) is 31.9 Å². The standard InChI is InChI=1S/C31H40N2O6/c1-4-6-7-18-39-25-11-8-23(9-12-25)28-27(29(34)24-10-13-26(38-5-2)22(3)21-24)30(35)31(36)33(28)15-14-32-16-19-37-20-17-32/h8-13,21,28,34H,4-7,14-20H2,1-3H3. The van der Waals surface area contributed by atoms with Crippen LogP contribution in [0.15, 0.2) is 48.0 Å². The average Bonchev–Trinajstić information content (AvgIpc) is 3.21. The Bertz CT molecular complexity index is 1170. The average molecular weight is 537 g/mol. The van der Waals surface area contributed by atoms with Crippen LogP contribution in [0.3, 0.4) is 0 Å². The van der Waals surface area contributed by atoms with E-state index in [1.54, 1.807) is 23.1 Å². The zero-order valence-electron chi connectivity index (χ0n) is 23.3. The number of amides is 1. The first-order valence-corrected chi connectivity index (χ1v) is 14.0. The Morgan fingerprint density at radius 1 is 1.00 bits per heavy atom. The fourth-order valence-corrected chi connectivity index (χ4v) is 5.09. The predicted octanol–water partition coefficient (Wildman–Crippen LogP) is 4.72. The first-order valence-electron chi connectivity index (χ1n) is 14.0. The lowest BCUT2D eigenvalue weighted by Crippen LogP contribution is -2.42. The fraction of sp³-hybridized carbons (Fsp3) is 0.484. The molecule has 2 heterocycles. The van der Waals surface area contributed by atoms with Gasteiger partial charge in [-0.15, -0.1) is 0 Å². The summed E-state index contributed by atoms with van der Waals surface area (Å²) in [7, 11) is 0. The Morgan fingerprint density at radius 3 is 2.41 bits per heavy atom. The van der Waals surface area contributed by atoms with E-state index in [0.29, 0.717) is 50.8 Å². The maximum absolute atomic E-state index is 13.4. The fourth-order valence-electron chi connectivity index (χ4n) is 5.09. The summed E-state index contributed by atoms with van der Waals surface area (Å²) >= 11 is 0. The van der Waals surface area contributed by atoms with Crippen molar-refractivity contribution in [3.63, 3.8) is 0 Å². The molecule has 1 amide bonds. The lowest BCUT2D eigenvalue weighted by atomic mass is 9.94. The van der Waals surface area contributed by atoms with Crippen molar-refractivity contribution in [3.8, 4) is 11.5 Å². The van der Waals surface area contributed by atoms with Crippen LogP contribution in [0, 0.1) is 6.92 Å². The molecule has 2 aliphatic rings. The van der Waals surface area contributed by atoms with Crippen LogP contribution in [0.1, 0.15) is 55.8 Å². The molecule has 39 heavy (non-hydrogen) atoms. The molecule has 2 aromatic carbocycles. The van der Waals surface area contributed by atoms with Crippen LogP contribution in [0.5, 0.6) is 11.5 Å². The van der Waals surface area contributed by atoms with Crippen molar-refractivity contribution in [2.45, 2.75) is 46.1 Å². The van der Waals surface area contributed by atoms with Gasteiger partial charge >= 0.3 is 0 Å². The number of benzene rings is 2. The van der Waals surface area contributed by atoms with Crippen LogP contribution < -0.4 is 9.47 Å². The third-order valence-corrected chi connectivity index (χ3v) is 7.26. The molecular formula is C31H40N2O6. The van der Waals surface area contributed by atoms with Crippen LogP contribution in [-0.2, 0) is 14.3 Å². The highest BCUT2D eigenvalue weighted by Gasteiger charge is 2.46. The van der Waals surface area contributed by atoms with Gasteiger partial charge in [0.05, 0.1) is 38.0 Å². The normalized spacial score (nSPS) is 19.5. The molecule has 2 fully saturated rings. The second kappa shape index (κ2) is 13.6. The lowest BCUT2D eigenvalue weighted by molar-refractivity contribution is -0.140. The highest BCUT2D eigenvalue weighted by Crippen LogP contribution is 2.40. The van der Waals surface area contributed by atoms with Crippen molar-refractivity contribution in [1.82, 2.24) is 9.80 Å². The lowest BCUT2D eigenvalue weighted by Gasteiger charge is -2.31. The maximum atomic E-state index is 13.4. The van der Waals surface area contributed by atoms with Crippen molar-refractivity contribution in [2.75, 3.05) is 52.6 Å². The second-order valence-corrected chi connectivity index (χ2v) is 9.98. The largest absolute Gasteiger partial charge is 0.507 e. The van der Waals surface area contributed by atoms with E-state index >= 15 is 0 Å². The number of aryl methyl sites for hydroxylation is 1. The predicted molar refractivity (Wildman–Crippen MR) is 150 cm³/mol. The smallest absolute Gasteiger partial charge is 0.295 e. The first kappa shape index (κ1) is 28.6. The third kappa shape index (κ3) is 6.81. The Kier molecular flexibility index (Phi) is 10.0. The number of ketones is 1. The van der Waals surface area contributed by atoms with E-state index in [0.717, 1.165) is 49.2 Å². The van der Waals surface area contributed by atoms with Crippen molar-refractivity contribution in [3.05, 3.63) is 64.7 Å². The molecule has 2 aliphatic heterocycles. The Morgan fingerprint density at radius 2 is 1.74 bits per heavy atom. The maximum Gasteiger partial charge on any atom is 0.295 e. The molecule has 0 aromatic heterocycles. The number of hydrogen-bond donors (Lipinski definition) is 1. The summed E-state index contributed by atoms with van der Waals surface area (Å²) < 4.78 is 16.9. The van der Waals surface area contributed by atoms with Gasteiger partial charge in [-0.2, -0.15) is 0 Å². The van der Waals surface area contributed by atoms with Gasteiger partial charge in [-0.05, 0) is 61.7 Å². The first-order chi connectivity index (χ1) is 18.9. The van der Waals surface area contributed by atoms with E-state index in [4.69, 9.17) is 14.2 Å². The second-order valence-electron chi connectivity index (χ2n) is 9.98. The van der Waals surface area contributed by atoms with Gasteiger partial charge < -0.3 is 24.2 Å². The van der Waals surface area contributed by atoms with Crippen LogP contribution >= 0.6 is 0 Å². The summed E-state index contributed by atoms with van der Waals surface area (Å²) in [5, 5.41) is 11.4. The summed E-state index contributed by atoms with van der Waals surface area (Å²) in [6.07, 6.45) is 3.22. The molecule has 8 heteroatoms. The van der Waals surface area contributed by atoms with Gasteiger partial charge in [0.2, 0.25) is 0 Å². The Hall–Kier alpha value is -3.36. The molecule has 210 valence electrons. The van der Waals surface area contributed by atoms with Gasteiger partial charge in [-0.3, -0.25) is 14.5 Å². The number of Topliss-reactive ketones (excluding diaryl/α,β-unsaturated/α-hetero) is 1. The summed E-state index contributed by atoms with van der Waals surface area (Å²) in [6.45, 7) is 11.0. The molecule has 1 unspecified atom stereocenters. The van der Waals surface area contributed by atoms with Crippen LogP contribution in [-0.4, -0.2) is 79.2 Å². The number of likely N-dealkylation sites (tertiary alicyclic amines) is 1. The molecular weight excluding hydrogens is 496 g/mol. The molecule has 1 atom stereocenters. The molecule has 0 bridgehead atoms. The van der Waals surface area contributed by atoms with Gasteiger partial charge in [0.25, 0.3) is 11.7 Å². The number of rotatable bonds is 12. The minimum atomic E-state index is -0.702. The van der Waals surface area contributed by atoms with Gasteiger partial charge in [0.15, 0.2) is 0 Å². The zero-order chi connectivity index (χ0) is 27.8. The van der Waals surface area contributed by atoms with Crippen molar-refractivity contribution >= 4 is 17.4 Å². The van der Waals surface area contributed by atoms with Crippen molar-refractivity contribution in [2.24, 2.45) is 0 Å². The monoisotopic (exact) mass is 536 g/mol. The van der Waals surface area contributed by atoms with Gasteiger partial charge in [0, 0.05) is 31.7 Å². The highest BCUT2D eigenvalue weighted by molar-refractivity contribution is 6.46. The minimum Gasteiger partial charge on any atom is -0.507 e. The zero-order valence-corrected chi connectivity index (χ0v) is 23.3. The summed E-state index contributed by atoms with van der Waals surface area (Å²) in [4.78, 5) is 30.5. The van der Waals surface area contributed by atoms with E-state index in [2.05, 4.69) is 11.8 Å². The molecule has 2 saturated heterocycles. The molecule has 4 rings (SSSR count). The van der Waals surface area contributed by atoms with E-state index in [-0.39, 0.29) is 11.3 Å². The Balaban J connectivity index is 1.67. The van der Waals surface area contributed by atoms with Crippen LogP contribution in [0.4, 0.5) is 0 Å². The Labute approximate surface area is 231 Å². The van der Waals surface area contributed by atoms with E-state index in [9.17, 15) is 14.7 Å². The summed E-state index contributed by atoms with van der Waals surface area (Å²) in [5.74, 6) is -0.00474. The number of carbonyl (C=O) groups excluding carboxylic acids is 2. The van der Waals surface area contributed by atoms with Crippen molar-refractivity contribution in [1.29, 1.82) is 0 Å². The quantitative estimate of drug-likeness (QED) is 0.182. The highest BCUT2D eigenvalue weighted by atomic mass is 16.5. The molecule has 8 nitrogen and oxygen atoms in total. The number of ether oxygens (including phenoxy) is 3. The number of aliphatic hydroxyl groups is 1. The van der Waals surface area contributed by atoms with Crippen LogP contribution in [0.25, 0.3) is 5.76 Å². The van der Waals surface area contributed by atoms with E-state index in [1.165, 1.54) is 0 Å². The number of morpholine rings is 1. The molecule has 0 spiro atoms. The van der Waals surface area contributed by atoms with Crippen LogP contribution in [0.2, 0.25) is 0 Å². The number of nitrogens with zero attached hydrogens (tertiary/aromatic N) is 2. The molecule has 1 N–H and O–H groups in total. The van der Waals surface area contributed by atoms with Crippen molar-refractivity contribution < 1.29 is 28.9 Å². The third-order valence-electron chi connectivity index (χ3n) is 7.26. The minimum absolute atomic E-state index is 0.0992. The summed E-state index contributed by atoms with van der Waals surface area (Å²) in [6, 6.07) is 12.1. The topological polar surface area (TPSA) is 88.5 Å². The molecule has 0 radical (unpaired) electrons. The SMILES string of the molecule is CCCCCOc1ccc(C2C(=C(O)c3ccc(OCC)c(C)c3)C(=O)C(=O)N2CCN2CCOCC2)cc1. The number of unbranched alkanes of at least 4 members (excludes halogenated alkanes) is 2.